The van der Waals surface area contributed by atoms with Crippen molar-refractivity contribution in [2.24, 2.45) is 11.7 Å². The van der Waals surface area contributed by atoms with Crippen LogP contribution in [0, 0.1) is 5.92 Å². The predicted octanol–water partition coefficient (Wildman–Crippen LogP) is 4.93. The van der Waals surface area contributed by atoms with Gasteiger partial charge >= 0.3 is 0 Å². The van der Waals surface area contributed by atoms with Gasteiger partial charge in [-0.05, 0) is 41.8 Å². The second kappa shape index (κ2) is 8.80. The average molecular weight is 358 g/mol. The molecule has 2 atom stereocenters. The molecule has 2 nitrogen and oxygen atoms in total. The number of hydrogen-bond acceptors (Lipinski definition) is 3. The van der Waals surface area contributed by atoms with Crippen LogP contribution in [-0.2, 0) is 0 Å². The van der Waals surface area contributed by atoms with E-state index >= 15 is 0 Å². The minimum atomic E-state index is -0.558. The first-order valence-electron chi connectivity index (χ1n) is 6.95. The Bertz CT molecular complexity index is 589. The van der Waals surface area contributed by atoms with Gasteiger partial charge in [0.15, 0.2) is 0 Å². The van der Waals surface area contributed by atoms with Crippen molar-refractivity contribution in [1.29, 1.82) is 0 Å². The van der Waals surface area contributed by atoms with Gasteiger partial charge in [0.25, 0.3) is 0 Å². The average Bonchev–Trinajstić information content (AvgIpc) is 2.48. The minimum absolute atomic E-state index is 0. The van der Waals surface area contributed by atoms with E-state index in [2.05, 4.69) is 0 Å². The highest BCUT2D eigenvalue weighted by atomic mass is 35.5. The number of halogens is 2. The van der Waals surface area contributed by atoms with Gasteiger partial charge in [0.05, 0.1) is 12.1 Å². The third-order valence-electron chi connectivity index (χ3n) is 3.37. The zero-order chi connectivity index (χ0) is 15.4. The molecular formula is C17H21Cl2NOS. The van der Waals surface area contributed by atoms with Crippen molar-refractivity contribution in [3.8, 4) is 0 Å². The lowest BCUT2D eigenvalue weighted by atomic mass is 9.94. The molecule has 0 aliphatic carbocycles. The molecule has 22 heavy (non-hydrogen) atoms. The first-order valence-corrected chi connectivity index (χ1v) is 8.14. The second-order valence-corrected chi connectivity index (χ2v) is 6.91. The molecule has 0 bridgehead atoms. The third-order valence-corrected chi connectivity index (χ3v) is 4.72. The Morgan fingerprint density at radius 1 is 1.05 bits per heavy atom. The van der Waals surface area contributed by atoms with Crippen LogP contribution < -0.4 is 5.73 Å². The summed E-state index contributed by atoms with van der Waals surface area (Å²) in [7, 11) is 0. The molecule has 0 saturated heterocycles. The van der Waals surface area contributed by atoms with Gasteiger partial charge in [-0.25, -0.2) is 0 Å². The van der Waals surface area contributed by atoms with Gasteiger partial charge in [0, 0.05) is 14.8 Å². The van der Waals surface area contributed by atoms with E-state index in [1.165, 1.54) is 0 Å². The van der Waals surface area contributed by atoms with E-state index < -0.39 is 6.10 Å². The van der Waals surface area contributed by atoms with Crippen LogP contribution in [0.25, 0.3) is 0 Å². The van der Waals surface area contributed by atoms with E-state index in [0.717, 1.165) is 20.4 Å². The Morgan fingerprint density at radius 3 is 2.23 bits per heavy atom. The molecule has 2 aromatic rings. The molecule has 0 saturated carbocycles. The maximum atomic E-state index is 10.2. The van der Waals surface area contributed by atoms with Gasteiger partial charge in [0.1, 0.15) is 0 Å². The lowest BCUT2D eigenvalue weighted by molar-refractivity contribution is 0.0971. The standard InChI is InChI=1S/C17H20ClNOS.ClH/c1-11(2)17(20)16(19)14-5-3-4-6-15(14)21-13-9-7-12(18)8-10-13;/h3-11,16-17,20H,19H2,1-2H3;1H/t16-,17+;/m1./s1. The number of aliphatic hydroxyl groups excluding tert-OH is 1. The topological polar surface area (TPSA) is 46.2 Å². The Balaban J connectivity index is 0.00000242. The van der Waals surface area contributed by atoms with E-state index in [4.69, 9.17) is 17.3 Å². The fourth-order valence-corrected chi connectivity index (χ4v) is 3.20. The minimum Gasteiger partial charge on any atom is -0.391 e. The first-order chi connectivity index (χ1) is 9.99. The van der Waals surface area contributed by atoms with Crippen LogP contribution in [0.4, 0.5) is 0 Å². The number of aliphatic hydroxyl groups is 1. The van der Waals surface area contributed by atoms with Crippen molar-refractivity contribution >= 4 is 35.8 Å². The monoisotopic (exact) mass is 357 g/mol. The molecule has 0 unspecified atom stereocenters. The zero-order valence-electron chi connectivity index (χ0n) is 12.6. The molecule has 2 aromatic carbocycles. The summed E-state index contributed by atoms with van der Waals surface area (Å²) in [4.78, 5) is 2.16. The van der Waals surface area contributed by atoms with Crippen LogP contribution in [0.1, 0.15) is 25.5 Å². The van der Waals surface area contributed by atoms with Crippen molar-refractivity contribution in [2.75, 3.05) is 0 Å². The van der Waals surface area contributed by atoms with Gasteiger partial charge < -0.3 is 10.8 Å². The molecule has 3 N–H and O–H groups in total. The molecule has 0 amide bonds. The second-order valence-electron chi connectivity index (χ2n) is 5.35. The summed E-state index contributed by atoms with van der Waals surface area (Å²) in [5.41, 5.74) is 7.20. The lowest BCUT2D eigenvalue weighted by Crippen LogP contribution is -2.30. The van der Waals surface area contributed by atoms with Gasteiger partial charge in [-0.2, -0.15) is 0 Å². The van der Waals surface area contributed by atoms with Crippen LogP contribution in [0.15, 0.2) is 58.3 Å². The predicted molar refractivity (Wildman–Crippen MR) is 97.0 cm³/mol. The molecule has 2 rings (SSSR count). The van der Waals surface area contributed by atoms with Gasteiger partial charge in [-0.3, -0.25) is 0 Å². The number of benzene rings is 2. The van der Waals surface area contributed by atoms with E-state index in [0.29, 0.717) is 0 Å². The molecule has 5 heteroatoms. The quantitative estimate of drug-likeness (QED) is 0.797. The normalized spacial score (nSPS) is 13.5. The summed E-state index contributed by atoms with van der Waals surface area (Å²) in [6, 6.07) is 15.3. The fraction of sp³-hybridized carbons (Fsp3) is 0.294. The molecule has 0 aromatic heterocycles. The highest BCUT2D eigenvalue weighted by Crippen LogP contribution is 2.34. The van der Waals surface area contributed by atoms with Crippen LogP contribution in [-0.4, -0.2) is 11.2 Å². The summed E-state index contributed by atoms with van der Waals surface area (Å²) in [5.74, 6) is 0.119. The highest BCUT2D eigenvalue weighted by Gasteiger charge is 2.22. The van der Waals surface area contributed by atoms with Crippen molar-refractivity contribution in [3.05, 3.63) is 59.1 Å². The van der Waals surface area contributed by atoms with Crippen LogP contribution in [0.3, 0.4) is 0 Å². The van der Waals surface area contributed by atoms with Crippen LogP contribution in [0.5, 0.6) is 0 Å². The fourth-order valence-electron chi connectivity index (χ4n) is 2.08. The Hall–Kier alpha value is -0.710. The highest BCUT2D eigenvalue weighted by molar-refractivity contribution is 7.99. The molecule has 0 fully saturated rings. The SMILES string of the molecule is CC(C)[C@H](O)[C@H](N)c1ccccc1Sc1ccc(Cl)cc1.Cl. The molecule has 0 aliphatic heterocycles. The summed E-state index contributed by atoms with van der Waals surface area (Å²) in [6.45, 7) is 3.94. The van der Waals surface area contributed by atoms with Gasteiger partial charge in [0.2, 0.25) is 0 Å². The lowest BCUT2D eigenvalue weighted by Gasteiger charge is -2.24. The molecule has 0 spiro atoms. The van der Waals surface area contributed by atoms with Gasteiger partial charge in [-0.15, -0.1) is 12.4 Å². The van der Waals surface area contributed by atoms with E-state index in [-0.39, 0.29) is 24.4 Å². The third kappa shape index (κ3) is 4.90. The van der Waals surface area contributed by atoms with E-state index in [1.807, 2.05) is 62.4 Å². The number of nitrogens with two attached hydrogens (primary N) is 1. The largest absolute Gasteiger partial charge is 0.391 e. The zero-order valence-corrected chi connectivity index (χ0v) is 15.0. The molecular weight excluding hydrogens is 337 g/mol. The van der Waals surface area contributed by atoms with Crippen LogP contribution >= 0.6 is 35.8 Å². The van der Waals surface area contributed by atoms with E-state index in [1.54, 1.807) is 11.8 Å². The van der Waals surface area contributed by atoms with Crippen LogP contribution in [0.2, 0.25) is 5.02 Å². The van der Waals surface area contributed by atoms with Crippen molar-refractivity contribution < 1.29 is 5.11 Å². The Morgan fingerprint density at radius 2 is 1.64 bits per heavy atom. The Labute approximate surface area is 147 Å². The van der Waals surface area contributed by atoms with Crippen molar-refractivity contribution in [3.63, 3.8) is 0 Å². The summed E-state index contributed by atoms with van der Waals surface area (Å²) in [6.07, 6.45) is -0.558. The molecule has 0 aliphatic rings. The van der Waals surface area contributed by atoms with E-state index in [9.17, 15) is 5.11 Å². The first kappa shape index (κ1) is 19.3. The maximum absolute atomic E-state index is 10.2. The maximum Gasteiger partial charge on any atom is 0.0756 e. The summed E-state index contributed by atoms with van der Waals surface area (Å²) in [5, 5.41) is 10.9. The number of hydrogen-bond donors (Lipinski definition) is 2. The summed E-state index contributed by atoms with van der Waals surface area (Å²) >= 11 is 7.54. The smallest absolute Gasteiger partial charge is 0.0756 e. The summed E-state index contributed by atoms with van der Waals surface area (Å²) < 4.78 is 0. The molecule has 0 radical (unpaired) electrons. The Kier molecular flexibility index (Phi) is 7.74. The van der Waals surface area contributed by atoms with Gasteiger partial charge in [-0.1, -0.05) is 55.4 Å². The molecule has 120 valence electrons. The number of rotatable bonds is 5. The molecule has 0 heterocycles. The van der Waals surface area contributed by atoms with Crippen molar-refractivity contribution in [1.82, 2.24) is 0 Å². The van der Waals surface area contributed by atoms with Crippen molar-refractivity contribution in [2.45, 2.75) is 35.8 Å².